The van der Waals surface area contributed by atoms with Crippen molar-refractivity contribution in [2.75, 3.05) is 10.8 Å². The Labute approximate surface area is 243 Å². The van der Waals surface area contributed by atoms with E-state index < -0.39 is 52.0 Å². The van der Waals surface area contributed by atoms with Gasteiger partial charge in [0.25, 0.3) is 10.0 Å². The Morgan fingerprint density at radius 2 is 1.57 bits per heavy atom. The number of hydrogen-bond donors (Lipinski definition) is 1. The number of amides is 2. The van der Waals surface area contributed by atoms with Gasteiger partial charge in [-0.05, 0) is 75.2 Å². The molecule has 0 radical (unpaired) electrons. The van der Waals surface area contributed by atoms with Crippen LogP contribution in [0.3, 0.4) is 0 Å². The zero-order valence-corrected chi connectivity index (χ0v) is 24.5. The van der Waals surface area contributed by atoms with Crippen LogP contribution in [0.15, 0.2) is 77.7 Å². The third-order valence-corrected chi connectivity index (χ3v) is 8.57. The highest BCUT2D eigenvalue weighted by molar-refractivity contribution is 7.92. The molecule has 0 aliphatic rings. The molecule has 0 saturated carbocycles. The summed E-state index contributed by atoms with van der Waals surface area (Å²) >= 11 is 0. The number of rotatable bonds is 11. The molecule has 12 heteroatoms. The summed E-state index contributed by atoms with van der Waals surface area (Å²) in [6, 6.07) is 13.2. The van der Waals surface area contributed by atoms with E-state index in [1.54, 1.807) is 13.8 Å². The molecule has 0 heterocycles. The maximum absolute atomic E-state index is 13.9. The third-order valence-electron chi connectivity index (χ3n) is 6.78. The molecule has 226 valence electrons. The van der Waals surface area contributed by atoms with E-state index in [4.69, 9.17) is 0 Å². The second-order valence-electron chi connectivity index (χ2n) is 10.0. The minimum atomic E-state index is -4.77. The Balaban J connectivity index is 2.08. The van der Waals surface area contributed by atoms with Gasteiger partial charge >= 0.3 is 6.18 Å². The minimum Gasteiger partial charge on any atom is -0.352 e. The number of nitrogens with zero attached hydrogens (tertiary/aromatic N) is 2. The molecule has 0 saturated heterocycles. The van der Waals surface area contributed by atoms with Crippen molar-refractivity contribution in [2.45, 2.75) is 63.8 Å². The van der Waals surface area contributed by atoms with Crippen LogP contribution in [0.4, 0.5) is 23.2 Å². The van der Waals surface area contributed by atoms with Gasteiger partial charge < -0.3 is 10.2 Å². The van der Waals surface area contributed by atoms with Gasteiger partial charge in [-0.1, -0.05) is 42.8 Å². The first-order chi connectivity index (χ1) is 19.6. The van der Waals surface area contributed by atoms with Gasteiger partial charge in [0.1, 0.15) is 18.4 Å². The standard InChI is InChI=1S/C30H33F4N3O4S/c1-5-21(3)35-29(39)22(4)36(18-23-11-13-25(31)14-12-23)28(38)19-37(26-8-6-7-24(17-26)30(32,33)34)42(40,41)27-15-9-20(2)10-16-27/h6-17,21-22H,5,18-19H2,1-4H3,(H,35,39). The van der Waals surface area contributed by atoms with Crippen molar-refractivity contribution in [2.24, 2.45) is 0 Å². The summed E-state index contributed by atoms with van der Waals surface area (Å²) in [4.78, 5) is 27.8. The number of benzene rings is 3. The Hall–Kier alpha value is -3.93. The molecule has 7 nitrogen and oxygen atoms in total. The third kappa shape index (κ3) is 8.09. The fourth-order valence-corrected chi connectivity index (χ4v) is 5.44. The Bertz CT molecular complexity index is 1490. The zero-order valence-electron chi connectivity index (χ0n) is 23.7. The lowest BCUT2D eigenvalue weighted by molar-refractivity contribution is -0.139. The van der Waals surface area contributed by atoms with Crippen molar-refractivity contribution < 1.29 is 35.6 Å². The molecule has 0 bridgehead atoms. The van der Waals surface area contributed by atoms with Gasteiger partial charge in [0.05, 0.1) is 16.1 Å². The number of alkyl halides is 3. The molecule has 2 amide bonds. The van der Waals surface area contributed by atoms with Gasteiger partial charge in [-0.3, -0.25) is 13.9 Å². The van der Waals surface area contributed by atoms with Crippen molar-refractivity contribution in [3.05, 3.63) is 95.3 Å². The molecule has 0 aliphatic heterocycles. The number of carbonyl (C=O) groups excluding carboxylic acids is 2. The van der Waals surface area contributed by atoms with Crippen molar-refractivity contribution in [3.63, 3.8) is 0 Å². The maximum atomic E-state index is 13.9. The number of anilines is 1. The van der Waals surface area contributed by atoms with Gasteiger partial charge in [-0.15, -0.1) is 0 Å². The van der Waals surface area contributed by atoms with Crippen LogP contribution < -0.4 is 9.62 Å². The van der Waals surface area contributed by atoms with Gasteiger partial charge in [-0.25, -0.2) is 12.8 Å². The van der Waals surface area contributed by atoms with Crippen LogP contribution in [0, 0.1) is 12.7 Å². The number of aryl methyl sites for hydroxylation is 1. The van der Waals surface area contributed by atoms with E-state index in [2.05, 4.69) is 5.32 Å². The topological polar surface area (TPSA) is 86.8 Å². The SMILES string of the molecule is CCC(C)NC(=O)C(C)N(Cc1ccc(F)cc1)C(=O)CN(c1cccc(C(F)(F)F)c1)S(=O)(=O)c1ccc(C)cc1. The first-order valence-corrected chi connectivity index (χ1v) is 14.7. The summed E-state index contributed by atoms with van der Waals surface area (Å²) in [5, 5.41) is 2.78. The lowest BCUT2D eigenvalue weighted by Crippen LogP contribution is -2.52. The molecular weight excluding hydrogens is 574 g/mol. The molecule has 3 rings (SSSR count). The second-order valence-corrected chi connectivity index (χ2v) is 11.9. The summed E-state index contributed by atoms with van der Waals surface area (Å²) in [6.07, 6.45) is -4.15. The molecule has 2 atom stereocenters. The van der Waals surface area contributed by atoms with Crippen LogP contribution in [0.2, 0.25) is 0 Å². The molecule has 0 spiro atoms. The Kier molecular flexibility index (Phi) is 10.4. The highest BCUT2D eigenvalue weighted by Crippen LogP contribution is 2.33. The summed E-state index contributed by atoms with van der Waals surface area (Å²) in [6.45, 7) is 5.75. The number of carbonyl (C=O) groups is 2. The number of halogens is 4. The summed E-state index contributed by atoms with van der Waals surface area (Å²) in [5.41, 5.74) is -0.263. The second kappa shape index (κ2) is 13.4. The maximum Gasteiger partial charge on any atom is 0.416 e. The molecule has 42 heavy (non-hydrogen) atoms. The molecule has 0 aliphatic carbocycles. The number of sulfonamides is 1. The van der Waals surface area contributed by atoms with Crippen molar-refractivity contribution in [1.82, 2.24) is 10.2 Å². The summed E-state index contributed by atoms with van der Waals surface area (Å²) in [5.74, 6) is -1.87. The zero-order chi connectivity index (χ0) is 31.2. The average molecular weight is 608 g/mol. The van der Waals surface area contributed by atoms with Crippen molar-refractivity contribution in [3.8, 4) is 0 Å². The van der Waals surface area contributed by atoms with Crippen molar-refractivity contribution in [1.29, 1.82) is 0 Å². The number of nitrogens with one attached hydrogen (secondary N) is 1. The number of hydrogen-bond acceptors (Lipinski definition) is 4. The Morgan fingerprint density at radius 3 is 2.14 bits per heavy atom. The lowest BCUT2D eigenvalue weighted by atomic mass is 10.1. The van der Waals surface area contributed by atoms with E-state index in [1.807, 2.05) is 6.92 Å². The molecular formula is C30H33F4N3O4S. The predicted molar refractivity (Wildman–Crippen MR) is 151 cm³/mol. The van der Waals surface area contributed by atoms with Crippen LogP contribution >= 0.6 is 0 Å². The first kappa shape index (κ1) is 32.6. The van der Waals surface area contributed by atoms with Gasteiger partial charge in [0.2, 0.25) is 11.8 Å². The van der Waals surface area contributed by atoms with Crippen LogP contribution in [-0.2, 0) is 32.3 Å². The fraction of sp³-hybridized carbons (Fsp3) is 0.333. The van der Waals surface area contributed by atoms with Gasteiger partial charge in [0.15, 0.2) is 0 Å². The highest BCUT2D eigenvalue weighted by atomic mass is 32.2. The quantitative estimate of drug-likeness (QED) is 0.284. The molecule has 1 N–H and O–H groups in total. The van der Waals surface area contributed by atoms with Gasteiger partial charge in [-0.2, -0.15) is 13.2 Å². The molecule has 3 aromatic rings. The molecule has 2 unspecified atom stereocenters. The van der Waals surface area contributed by atoms with E-state index >= 15 is 0 Å². The monoisotopic (exact) mass is 607 g/mol. The van der Waals surface area contributed by atoms with Gasteiger partial charge in [0, 0.05) is 12.6 Å². The summed E-state index contributed by atoms with van der Waals surface area (Å²) < 4.78 is 82.5. The van der Waals surface area contributed by atoms with Crippen LogP contribution in [-0.4, -0.2) is 43.8 Å². The van der Waals surface area contributed by atoms with E-state index in [9.17, 15) is 35.6 Å². The lowest BCUT2D eigenvalue weighted by Gasteiger charge is -2.32. The van der Waals surface area contributed by atoms with Crippen LogP contribution in [0.5, 0.6) is 0 Å². The first-order valence-electron chi connectivity index (χ1n) is 13.2. The van der Waals surface area contributed by atoms with E-state index in [1.165, 1.54) is 55.5 Å². The van der Waals surface area contributed by atoms with E-state index in [0.29, 0.717) is 22.4 Å². The average Bonchev–Trinajstić information content (AvgIpc) is 2.94. The minimum absolute atomic E-state index is 0.185. The molecule has 0 fully saturated rings. The predicted octanol–water partition coefficient (Wildman–Crippen LogP) is 5.68. The van der Waals surface area contributed by atoms with Crippen LogP contribution in [0.25, 0.3) is 0 Å². The Morgan fingerprint density at radius 1 is 0.952 bits per heavy atom. The molecule has 3 aromatic carbocycles. The van der Waals surface area contributed by atoms with E-state index in [0.717, 1.165) is 28.7 Å². The molecule has 0 aromatic heterocycles. The largest absolute Gasteiger partial charge is 0.416 e. The smallest absolute Gasteiger partial charge is 0.352 e. The fourth-order valence-electron chi connectivity index (χ4n) is 4.04. The highest BCUT2D eigenvalue weighted by Gasteiger charge is 2.35. The van der Waals surface area contributed by atoms with E-state index in [-0.39, 0.29) is 23.2 Å². The van der Waals surface area contributed by atoms with Crippen molar-refractivity contribution >= 4 is 27.5 Å². The normalized spacial score (nSPS) is 13.2. The summed E-state index contributed by atoms with van der Waals surface area (Å²) in [7, 11) is -4.54. The van der Waals surface area contributed by atoms with Crippen LogP contribution in [0.1, 0.15) is 43.9 Å².